The molecule has 0 saturated heterocycles. The third-order valence-electron chi connectivity index (χ3n) is 4.57. The van der Waals surface area contributed by atoms with Gasteiger partial charge >= 0.3 is 5.97 Å². The number of rotatable bonds is 5. The quantitative estimate of drug-likeness (QED) is 0.391. The number of carbonyl (C=O) groups is 1. The Balaban J connectivity index is 1.47. The van der Waals surface area contributed by atoms with E-state index in [1.54, 1.807) is 60.7 Å². The number of carbonyl (C=O) groups excluding carboxylic acids is 1. The molecule has 1 aliphatic heterocycles. The van der Waals surface area contributed by atoms with Crippen molar-refractivity contribution in [3.63, 3.8) is 0 Å². The van der Waals surface area contributed by atoms with Crippen molar-refractivity contribution in [3.8, 4) is 5.75 Å². The van der Waals surface area contributed by atoms with Crippen molar-refractivity contribution in [2.45, 2.75) is 13.5 Å². The lowest BCUT2D eigenvalue weighted by Crippen LogP contribution is -2.05. The second kappa shape index (κ2) is 8.51. The molecule has 0 saturated carbocycles. The standard InChI is InChI=1S/C24H17ClFNO3/c1-15-6-9-17(13-20(15)25)23-27-22(24(28)30-23)12-16-7-10-19(11-8-16)29-14-18-4-2-3-5-21(18)26/h2-13H,14H2,1H3/b22-12+. The van der Waals surface area contributed by atoms with E-state index in [-0.39, 0.29) is 24.0 Å². The average molecular weight is 422 g/mol. The molecule has 3 aromatic carbocycles. The van der Waals surface area contributed by atoms with Crippen molar-refractivity contribution >= 4 is 29.5 Å². The Morgan fingerprint density at radius 1 is 1.10 bits per heavy atom. The molecule has 3 aromatic rings. The SMILES string of the molecule is Cc1ccc(C2=N/C(=C/c3ccc(OCc4ccccc4F)cc3)C(=O)O2)cc1Cl. The monoisotopic (exact) mass is 421 g/mol. The summed E-state index contributed by atoms with van der Waals surface area (Å²) in [6, 6.07) is 18.9. The molecule has 30 heavy (non-hydrogen) atoms. The van der Waals surface area contributed by atoms with Gasteiger partial charge in [-0.25, -0.2) is 14.2 Å². The molecule has 0 N–H and O–H groups in total. The molecule has 0 aromatic heterocycles. The molecule has 1 aliphatic rings. The molecule has 0 atom stereocenters. The van der Waals surface area contributed by atoms with Crippen LogP contribution in [0.4, 0.5) is 4.39 Å². The van der Waals surface area contributed by atoms with Gasteiger partial charge in [-0.2, -0.15) is 0 Å². The summed E-state index contributed by atoms with van der Waals surface area (Å²) in [5.41, 5.74) is 3.00. The highest BCUT2D eigenvalue weighted by Crippen LogP contribution is 2.23. The van der Waals surface area contributed by atoms with Crippen LogP contribution in [0.2, 0.25) is 5.02 Å². The van der Waals surface area contributed by atoms with Crippen molar-refractivity contribution < 1.29 is 18.7 Å². The molecule has 0 fully saturated rings. The Kier molecular flexibility index (Phi) is 5.63. The second-order valence-corrected chi connectivity index (χ2v) is 7.16. The highest BCUT2D eigenvalue weighted by atomic mass is 35.5. The van der Waals surface area contributed by atoms with Gasteiger partial charge in [0.1, 0.15) is 18.2 Å². The van der Waals surface area contributed by atoms with Crippen LogP contribution in [-0.4, -0.2) is 11.9 Å². The van der Waals surface area contributed by atoms with E-state index in [1.807, 2.05) is 13.0 Å². The predicted octanol–water partition coefficient (Wildman–Crippen LogP) is 5.71. The molecular formula is C24H17ClFNO3. The molecule has 0 radical (unpaired) electrons. The van der Waals surface area contributed by atoms with Gasteiger partial charge in [0.15, 0.2) is 5.70 Å². The first-order valence-corrected chi connectivity index (χ1v) is 9.63. The van der Waals surface area contributed by atoms with E-state index in [2.05, 4.69) is 4.99 Å². The van der Waals surface area contributed by atoms with Gasteiger partial charge in [-0.15, -0.1) is 0 Å². The minimum absolute atomic E-state index is 0.131. The summed E-state index contributed by atoms with van der Waals surface area (Å²) in [6.45, 7) is 2.02. The minimum atomic E-state index is -0.526. The van der Waals surface area contributed by atoms with Gasteiger partial charge in [-0.05, 0) is 54.5 Å². The van der Waals surface area contributed by atoms with E-state index >= 15 is 0 Å². The van der Waals surface area contributed by atoms with Crippen LogP contribution in [0, 0.1) is 12.7 Å². The van der Waals surface area contributed by atoms with E-state index in [0.29, 0.717) is 21.9 Å². The molecule has 1 heterocycles. The van der Waals surface area contributed by atoms with Crippen LogP contribution in [-0.2, 0) is 16.1 Å². The first kappa shape index (κ1) is 19.9. The Morgan fingerprint density at radius 3 is 2.60 bits per heavy atom. The fourth-order valence-electron chi connectivity index (χ4n) is 2.85. The lowest BCUT2D eigenvalue weighted by atomic mass is 10.1. The van der Waals surface area contributed by atoms with Crippen molar-refractivity contribution in [2.24, 2.45) is 4.99 Å². The molecule has 0 bridgehead atoms. The lowest BCUT2D eigenvalue weighted by molar-refractivity contribution is -0.129. The third-order valence-corrected chi connectivity index (χ3v) is 4.98. The Bertz CT molecular complexity index is 1170. The minimum Gasteiger partial charge on any atom is -0.489 e. The normalized spacial score (nSPS) is 14.6. The lowest BCUT2D eigenvalue weighted by Gasteiger charge is -2.07. The van der Waals surface area contributed by atoms with Crippen LogP contribution in [0.15, 0.2) is 77.4 Å². The molecule has 4 rings (SSSR count). The highest BCUT2D eigenvalue weighted by molar-refractivity contribution is 6.31. The number of aryl methyl sites for hydroxylation is 1. The summed E-state index contributed by atoms with van der Waals surface area (Å²) in [5.74, 6) is -0.0189. The Labute approximate surface area is 178 Å². The zero-order chi connectivity index (χ0) is 21.1. The van der Waals surface area contributed by atoms with Gasteiger partial charge in [0.2, 0.25) is 5.90 Å². The zero-order valence-corrected chi connectivity index (χ0v) is 16.8. The van der Waals surface area contributed by atoms with Crippen LogP contribution < -0.4 is 4.74 Å². The van der Waals surface area contributed by atoms with Crippen molar-refractivity contribution in [3.05, 3.63) is 106 Å². The first-order valence-electron chi connectivity index (χ1n) is 9.25. The van der Waals surface area contributed by atoms with Crippen molar-refractivity contribution in [1.82, 2.24) is 0 Å². The van der Waals surface area contributed by atoms with E-state index < -0.39 is 5.97 Å². The van der Waals surface area contributed by atoms with Gasteiger partial charge in [0.05, 0.1) is 0 Å². The number of esters is 1. The number of ether oxygens (including phenoxy) is 2. The molecule has 0 spiro atoms. The number of cyclic esters (lactones) is 1. The van der Waals surface area contributed by atoms with Gasteiger partial charge in [-0.3, -0.25) is 0 Å². The molecule has 0 amide bonds. The molecule has 0 unspecified atom stereocenters. The van der Waals surface area contributed by atoms with Crippen molar-refractivity contribution in [1.29, 1.82) is 0 Å². The average Bonchev–Trinajstić information content (AvgIpc) is 3.11. The Hall–Kier alpha value is -3.44. The van der Waals surface area contributed by atoms with Crippen LogP contribution in [0.3, 0.4) is 0 Å². The van der Waals surface area contributed by atoms with Gasteiger partial charge in [0.25, 0.3) is 0 Å². The fraction of sp³-hybridized carbons (Fsp3) is 0.0833. The number of aliphatic imine (C=N–C) groups is 1. The van der Waals surface area contributed by atoms with Gasteiger partial charge < -0.3 is 9.47 Å². The summed E-state index contributed by atoms with van der Waals surface area (Å²) >= 11 is 6.14. The number of hydrogen-bond acceptors (Lipinski definition) is 4. The number of nitrogens with zero attached hydrogens (tertiary/aromatic N) is 1. The number of hydrogen-bond donors (Lipinski definition) is 0. The van der Waals surface area contributed by atoms with E-state index in [0.717, 1.165) is 11.1 Å². The molecule has 150 valence electrons. The topological polar surface area (TPSA) is 47.9 Å². The maximum absolute atomic E-state index is 13.7. The summed E-state index contributed by atoms with van der Waals surface area (Å²) in [5, 5.41) is 0.578. The zero-order valence-electron chi connectivity index (χ0n) is 16.1. The maximum Gasteiger partial charge on any atom is 0.363 e. The fourth-order valence-corrected chi connectivity index (χ4v) is 3.03. The van der Waals surface area contributed by atoms with Crippen LogP contribution in [0.25, 0.3) is 6.08 Å². The molecular weight excluding hydrogens is 405 g/mol. The van der Waals surface area contributed by atoms with Crippen LogP contribution in [0.1, 0.15) is 22.3 Å². The highest BCUT2D eigenvalue weighted by Gasteiger charge is 2.24. The van der Waals surface area contributed by atoms with Gasteiger partial charge in [0, 0.05) is 16.1 Å². The molecule has 4 nitrogen and oxygen atoms in total. The van der Waals surface area contributed by atoms with Crippen LogP contribution in [0.5, 0.6) is 5.75 Å². The Morgan fingerprint density at radius 2 is 1.87 bits per heavy atom. The maximum atomic E-state index is 13.7. The molecule has 0 aliphatic carbocycles. The summed E-state index contributed by atoms with van der Waals surface area (Å²) in [6.07, 6.45) is 1.63. The number of halogens is 2. The summed E-state index contributed by atoms with van der Waals surface area (Å²) in [4.78, 5) is 16.5. The first-order chi connectivity index (χ1) is 14.5. The van der Waals surface area contributed by atoms with Gasteiger partial charge in [-0.1, -0.05) is 48.0 Å². The van der Waals surface area contributed by atoms with Crippen LogP contribution >= 0.6 is 11.6 Å². The van der Waals surface area contributed by atoms with E-state index in [1.165, 1.54) is 6.07 Å². The number of benzene rings is 3. The van der Waals surface area contributed by atoms with E-state index in [9.17, 15) is 9.18 Å². The largest absolute Gasteiger partial charge is 0.489 e. The summed E-state index contributed by atoms with van der Waals surface area (Å²) < 4.78 is 24.6. The van der Waals surface area contributed by atoms with Crippen molar-refractivity contribution in [2.75, 3.05) is 0 Å². The third kappa shape index (κ3) is 4.42. The second-order valence-electron chi connectivity index (χ2n) is 6.75. The molecule has 6 heteroatoms. The smallest absolute Gasteiger partial charge is 0.363 e. The summed E-state index contributed by atoms with van der Waals surface area (Å²) in [7, 11) is 0. The van der Waals surface area contributed by atoms with E-state index in [4.69, 9.17) is 21.1 Å². The predicted molar refractivity (Wildman–Crippen MR) is 114 cm³/mol.